The summed E-state index contributed by atoms with van der Waals surface area (Å²) in [6.45, 7) is 13.7. The molecule has 0 aromatic rings. The van der Waals surface area contributed by atoms with Gasteiger partial charge < -0.3 is 4.90 Å². The number of carbonyl (C=O) groups is 2. The molecule has 0 aliphatic carbocycles. The van der Waals surface area contributed by atoms with Crippen molar-refractivity contribution in [3.63, 3.8) is 0 Å². The molecular formula is C14H28N2O2. The molecule has 4 heteroatoms. The van der Waals surface area contributed by atoms with E-state index >= 15 is 0 Å². The molecule has 0 unspecified atom stereocenters. The number of Topliss-reactive ketones (excluding diaryl/α,β-unsaturated/α-hetero) is 1. The number of hydrogen-bond acceptors (Lipinski definition) is 3. The smallest absolute Gasteiger partial charge is 0.219 e. The second kappa shape index (κ2) is 9.09. The number of ketones is 1. The van der Waals surface area contributed by atoms with Crippen LogP contribution in [0.4, 0.5) is 0 Å². The van der Waals surface area contributed by atoms with Crippen LogP contribution < -0.4 is 0 Å². The number of carbonyl (C=O) groups excluding carboxylic acids is 2. The molecule has 0 atom stereocenters. The predicted octanol–water partition coefficient (Wildman–Crippen LogP) is 1.79. The second-order valence-electron chi connectivity index (χ2n) is 4.72. The van der Waals surface area contributed by atoms with Gasteiger partial charge >= 0.3 is 0 Å². The predicted molar refractivity (Wildman–Crippen MR) is 74.5 cm³/mol. The highest BCUT2D eigenvalue weighted by molar-refractivity contribution is 5.80. The summed E-state index contributed by atoms with van der Waals surface area (Å²) in [5.41, 5.74) is 0. The maximum Gasteiger partial charge on any atom is 0.219 e. The van der Waals surface area contributed by atoms with E-state index < -0.39 is 0 Å². The summed E-state index contributed by atoms with van der Waals surface area (Å²) in [6.07, 6.45) is 0.637. The Labute approximate surface area is 111 Å². The van der Waals surface area contributed by atoms with Crippen molar-refractivity contribution in [3.05, 3.63) is 0 Å². The number of piperazine rings is 1. The van der Waals surface area contributed by atoms with Crippen LogP contribution in [0.2, 0.25) is 0 Å². The molecular weight excluding hydrogens is 228 g/mol. The Bertz CT molecular complexity index is 257. The summed E-state index contributed by atoms with van der Waals surface area (Å²) in [5.74, 6) is 0.616. The Balaban J connectivity index is 0.00000137. The van der Waals surface area contributed by atoms with Crippen LogP contribution in [-0.2, 0) is 9.59 Å². The highest BCUT2D eigenvalue weighted by Gasteiger charge is 2.19. The van der Waals surface area contributed by atoms with E-state index in [4.69, 9.17) is 0 Å². The molecule has 0 aromatic heterocycles. The molecule has 0 N–H and O–H groups in total. The Hall–Kier alpha value is -0.900. The van der Waals surface area contributed by atoms with E-state index in [1.807, 2.05) is 32.6 Å². The van der Waals surface area contributed by atoms with Crippen LogP contribution in [0.15, 0.2) is 0 Å². The average molecular weight is 256 g/mol. The van der Waals surface area contributed by atoms with Gasteiger partial charge in [0.25, 0.3) is 0 Å². The molecule has 1 aliphatic heterocycles. The summed E-state index contributed by atoms with van der Waals surface area (Å²) < 4.78 is 0. The summed E-state index contributed by atoms with van der Waals surface area (Å²) in [7, 11) is 0. The molecule has 0 aromatic carbocycles. The molecule has 1 fully saturated rings. The normalized spacial score (nSPS) is 16.2. The first-order chi connectivity index (χ1) is 8.50. The van der Waals surface area contributed by atoms with E-state index in [2.05, 4.69) is 4.90 Å². The monoisotopic (exact) mass is 256 g/mol. The van der Waals surface area contributed by atoms with Gasteiger partial charge in [0.1, 0.15) is 5.78 Å². The van der Waals surface area contributed by atoms with Gasteiger partial charge in [0.15, 0.2) is 0 Å². The summed E-state index contributed by atoms with van der Waals surface area (Å²) >= 11 is 0. The molecule has 1 rings (SSSR count). The SMILES string of the molecule is CC.CC(=O)N1CCN(CCC(=O)C(C)C)CC1. The van der Waals surface area contributed by atoms with Gasteiger partial charge in [-0.25, -0.2) is 0 Å². The average Bonchev–Trinajstić information content (AvgIpc) is 2.38. The van der Waals surface area contributed by atoms with Crippen LogP contribution in [0.25, 0.3) is 0 Å². The van der Waals surface area contributed by atoms with E-state index in [-0.39, 0.29) is 11.8 Å². The fourth-order valence-electron chi connectivity index (χ4n) is 1.84. The molecule has 1 aliphatic rings. The lowest BCUT2D eigenvalue weighted by atomic mass is 10.1. The zero-order valence-corrected chi connectivity index (χ0v) is 12.5. The third kappa shape index (κ3) is 6.15. The highest BCUT2D eigenvalue weighted by atomic mass is 16.2. The van der Waals surface area contributed by atoms with Crippen LogP contribution in [0.5, 0.6) is 0 Å². The fourth-order valence-corrected chi connectivity index (χ4v) is 1.84. The van der Waals surface area contributed by atoms with Crippen molar-refractivity contribution in [1.29, 1.82) is 0 Å². The largest absolute Gasteiger partial charge is 0.340 e. The lowest BCUT2D eigenvalue weighted by Gasteiger charge is -2.34. The summed E-state index contributed by atoms with van der Waals surface area (Å²) in [6, 6.07) is 0. The van der Waals surface area contributed by atoms with Crippen molar-refractivity contribution in [1.82, 2.24) is 9.80 Å². The van der Waals surface area contributed by atoms with Crippen LogP contribution in [0.1, 0.15) is 41.0 Å². The lowest BCUT2D eigenvalue weighted by Crippen LogP contribution is -2.48. The number of nitrogens with zero attached hydrogens (tertiary/aromatic N) is 2. The minimum atomic E-state index is 0.138. The lowest BCUT2D eigenvalue weighted by molar-refractivity contribution is -0.131. The van der Waals surface area contributed by atoms with Crippen molar-refractivity contribution < 1.29 is 9.59 Å². The second-order valence-corrected chi connectivity index (χ2v) is 4.72. The van der Waals surface area contributed by atoms with Crippen molar-refractivity contribution in [3.8, 4) is 0 Å². The molecule has 0 spiro atoms. The first-order valence-corrected chi connectivity index (χ1v) is 7.01. The number of amides is 1. The van der Waals surface area contributed by atoms with Gasteiger partial charge in [-0.15, -0.1) is 0 Å². The molecule has 1 amide bonds. The molecule has 18 heavy (non-hydrogen) atoms. The van der Waals surface area contributed by atoms with Crippen molar-refractivity contribution in [2.75, 3.05) is 32.7 Å². The first-order valence-electron chi connectivity index (χ1n) is 7.01. The molecule has 1 saturated heterocycles. The van der Waals surface area contributed by atoms with Crippen LogP contribution in [0, 0.1) is 5.92 Å². The Kier molecular flexibility index (Phi) is 8.63. The van der Waals surface area contributed by atoms with Crippen LogP contribution in [-0.4, -0.2) is 54.2 Å². The highest BCUT2D eigenvalue weighted by Crippen LogP contribution is 2.05. The molecule has 106 valence electrons. The standard InChI is InChI=1S/C12H22N2O2.C2H6/c1-10(2)12(16)4-5-13-6-8-14(9-7-13)11(3)15;1-2/h10H,4-9H2,1-3H3;1-2H3. The van der Waals surface area contributed by atoms with Gasteiger partial charge in [0.05, 0.1) is 0 Å². The van der Waals surface area contributed by atoms with E-state index in [0.717, 1.165) is 32.7 Å². The van der Waals surface area contributed by atoms with E-state index in [1.165, 1.54) is 0 Å². The van der Waals surface area contributed by atoms with E-state index in [1.54, 1.807) is 6.92 Å². The minimum absolute atomic E-state index is 0.138. The first kappa shape index (κ1) is 17.1. The Morgan fingerprint density at radius 3 is 1.94 bits per heavy atom. The third-order valence-electron chi connectivity index (χ3n) is 3.14. The molecule has 4 nitrogen and oxygen atoms in total. The van der Waals surface area contributed by atoms with Gasteiger partial charge in [-0.05, 0) is 0 Å². The molecule has 0 radical (unpaired) electrons. The maximum absolute atomic E-state index is 11.5. The van der Waals surface area contributed by atoms with Gasteiger partial charge in [0.2, 0.25) is 5.91 Å². The quantitative estimate of drug-likeness (QED) is 0.770. The minimum Gasteiger partial charge on any atom is -0.340 e. The molecule has 0 saturated carbocycles. The van der Waals surface area contributed by atoms with E-state index in [0.29, 0.717) is 12.2 Å². The van der Waals surface area contributed by atoms with Gasteiger partial charge in [-0.3, -0.25) is 14.5 Å². The Morgan fingerprint density at radius 1 is 1.06 bits per heavy atom. The van der Waals surface area contributed by atoms with Crippen molar-refractivity contribution in [2.24, 2.45) is 5.92 Å². The van der Waals surface area contributed by atoms with Crippen molar-refractivity contribution in [2.45, 2.75) is 41.0 Å². The number of rotatable bonds is 4. The van der Waals surface area contributed by atoms with Gasteiger partial charge in [-0.2, -0.15) is 0 Å². The molecule has 0 bridgehead atoms. The maximum atomic E-state index is 11.5. The van der Waals surface area contributed by atoms with Gasteiger partial charge in [-0.1, -0.05) is 27.7 Å². The number of hydrogen-bond donors (Lipinski definition) is 0. The zero-order chi connectivity index (χ0) is 14.1. The topological polar surface area (TPSA) is 40.6 Å². The zero-order valence-electron chi connectivity index (χ0n) is 12.5. The fraction of sp³-hybridized carbons (Fsp3) is 0.857. The Morgan fingerprint density at radius 2 is 1.56 bits per heavy atom. The van der Waals surface area contributed by atoms with Crippen LogP contribution in [0.3, 0.4) is 0 Å². The summed E-state index contributed by atoms with van der Waals surface area (Å²) in [4.78, 5) is 26.7. The third-order valence-corrected chi connectivity index (χ3v) is 3.14. The molecule has 1 heterocycles. The van der Waals surface area contributed by atoms with Gasteiger partial charge in [0, 0.05) is 52.0 Å². The summed E-state index contributed by atoms with van der Waals surface area (Å²) in [5, 5.41) is 0. The van der Waals surface area contributed by atoms with Crippen LogP contribution >= 0.6 is 0 Å². The van der Waals surface area contributed by atoms with E-state index in [9.17, 15) is 9.59 Å². The van der Waals surface area contributed by atoms with Crippen molar-refractivity contribution >= 4 is 11.7 Å².